The molecular formula is C17H18N4O3S. The van der Waals surface area contributed by atoms with Crippen LogP contribution in [0.5, 0.6) is 0 Å². The molecule has 1 heterocycles. The van der Waals surface area contributed by atoms with Crippen molar-refractivity contribution in [3.63, 3.8) is 0 Å². The topological polar surface area (TPSA) is 96.3 Å². The van der Waals surface area contributed by atoms with Crippen molar-refractivity contribution < 1.29 is 14.1 Å². The van der Waals surface area contributed by atoms with Crippen LogP contribution in [0.3, 0.4) is 0 Å². The summed E-state index contributed by atoms with van der Waals surface area (Å²) in [7, 11) is 0. The van der Waals surface area contributed by atoms with E-state index in [4.69, 9.17) is 16.7 Å². The third-order valence-electron chi connectivity index (χ3n) is 3.44. The van der Waals surface area contributed by atoms with E-state index >= 15 is 0 Å². The average molecular weight is 358 g/mol. The number of thiocarbonyl (C=S) groups is 1. The first-order chi connectivity index (χ1) is 11.9. The van der Waals surface area contributed by atoms with Crippen molar-refractivity contribution in [3.05, 3.63) is 53.3 Å². The zero-order valence-electron chi connectivity index (χ0n) is 14.0. The number of benzene rings is 1. The smallest absolute Gasteiger partial charge is 0.275 e. The molecule has 8 heteroatoms. The van der Waals surface area contributed by atoms with Crippen LogP contribution in [0.4, 0.5) is 0 Å². The van der Waals surface area contributed by atoms with Crippen LogP contribution in [0.15, 0.2) is 46.5 Å². The van der Waals surface area contributed by atoms with E-state index < -0.39 is 5.91 Å². The average Bonchev–Trinajstić information content (AvgIpc) is 3.01. The van der Waals surface area contributed by atoms with Gasteiger partial charge in [0.1, 0.15) is 17.0 Å². The van der Waals surface area contributed by atoms with E-state index in [0.29, 0.717) is 17.0 Å². The molecule has 0 radical (unpaired) electrons. The third kappa shape index (κ3) is 4.51. The molecule has 130 valence electrons. The van der Waals surface area contributed by atoms with Gasteiger partial charge in [-0.05, 0) is 33.0 Å². The van der Waals surface area contributed by atoms with Crippen molar-refractivity contribution in [2.75, 3.05) is 0 Å². The minimum atomic E-state index is -0.475. The predicted molar refractivity (Wildman–Crippen MR) is 97.4 cm³/mol. The summed E-state index contributed by atoms with van der Waals surface area (Å²) in [6.45, 7) is 5.04. The van der Waals surface area contributed by atoms with Gasteiger partial charge < -0.3 is 4.52 Å². The molecule has 3 N–H and O–H groups in total. The number of allylic oxidation sites excluding steroid dienone is 1. The highest BCUT2D eigenvalue weighted by Gasteiger charge is 2.21. The van der Waals surface area contributed by atoms with Crippen molar-refractivity contribution in [2.45, 2.75) is 20.8 Å². The summed E-state index contributed by atoms with van der Waals surface area (Å²) >= 11 is 4.98. The van der Waals surface area contributed by atoms with Gasteiger partial charge >= 0.3 is 0 Å². The van der Waals surface area contributed by atoms with E-state index in [1.54, 1.807) is 26.8 Å². The number of hydrogen-bond acceptors (Lipinski definition) is 5. The molecule has 0 aliphatic heterocycles. The number of nitrogens with zero attached hydrogens (tertiary/aromatic N) is 1. The second kappa shape index (κ2) is 8.20. The lowest BCUT2D eigenvalue weighted by atomic mass is 10.1. The normalized spacial score (nSPS) is 10.9. The number of amides is 2. The van der Waals surface area contributed by atoms with Crippen molar-refractivity contribution >= 4 is 29.1 Å². The lowest BCUT2D eigenvalue weighted by Crippen LogP contribution is -2.48. The molecule has 2 amide bonds. The highest BCUT2D eigenvalue weighted by Crippen LogP contribution is 2.24. The fraction of sp³-hybridized carbons (Fsp3) is 0.176. The number of rotatable bonds is 3. The van der Waals surface area contributed by atoms with Crippen LogP contribution >= 0.6 is 12.2 Å². The van der Waals surface area contributed by atoms with Crippen molar-refractivity contribution in [1.29, 1.82) is 0 Å². The third-order valence-corrected chi connectivity index (χ3v) is 3.65. The van der Waals surface area contributed by atoms with Crippen LogP contribution in [0.25, 0.3) is 11.3 Å². The number of carbonyl (C=O) groups is 2. The van der Waals surface area contributed by atoms with Gasteiger partial charge in [0.25, 0.3) is 11.8 Å². The first kappa shape index (κ1) is 18.3. The van der Waals surface area contributed by atoms with E-state index in [1.165, 1.54) is 0 Å². The molecule has 1 aromatic heterocycles. The van der Waals surface area contributed by atoms with E-state index in [0.717, 1.165) is 5.56 Å². The van der Waals surface area contributed by atoms with Crippen molar-refractivity contribution in [3.8, 4) is 11.3 Å². The van der Waals surface area contributed by atoms with Gasteiger partial charge in [0.05, 0.1) is 0 Å². The summed E-state index contributed by atoms with van der Waals surface area (Å²) < 4.78 is 5.14. The Morgan fingerprint density at radius 2 is 1.88 bits per heavy atom. The molecule has 2 aromatic rings. The summed E-state index contributed by atoms with van der Waals surface area (Å²) in [5.74, 6) is -0.449. The Labute approximate surface area is 150 Å². The predicted octanol–water partition coefficient (Wildman–Crippen LogP) is 2.25. The minimum Gasteiger partial charge on any atom is -0.360 e. The van der Waals surface area contributed by atoms with Gasteiger partial charge in [-0.15, -0.1) is 0 Å². The van der Waals surface area contributed by atoms with Gasteiger partial charge in [-0.1, -0.05) is 41.6 Å². The van der Waals surface area contributed by atoms with E-state index in [9.17, 15) is 9.59 Å². The Morgan fingerprint density at radius 1 is 1.20 bits per heavy atom. The van der Waals surface area contributed by atoms with Crippen LogP contribution in [-0.4, -0.2) is 22.1 Å². The molecular weight excluding hydrogens is 340 g/mol. The van der Waals surface area contributed by atoms with Crippen molar-refractivity contribution in [2.24, 2.45) is 0 Å². The highest BCUT2D eigenvalue weighted by atomic mass is 32.1. The molecule has 0 aliphatic rings. The van der Waals surface area contributed by atoms with Crippen LogP contribution in [0, 0.1) is 6.92 Å². The molecule has 7 nitrogen and oxygen atoms in total. The van der Waals surface area contributed by atoms with Crippen LogP contribution < -0.4 is 16.2 Å². The first-order valence-electron chi connectivity index (χ1n) is 7.50. The number of carbonyl (C=O) groups excluding carboxylic acids is 2. The van der Waals surface area contributed by atoms with Gasteiger partial charge in [0.2, 0.25) is 0 Å². The molecule has 2 rings (SSSR count). The summed E-state index contributed by atoms with van der Waals surface area (Å²) in [6, 6.07) is 9.20. The number of aromatic nitrogens is 1. The summed E-state index contributed by atoms with van der Waals surface area (Å²) in [5, 5.41) is 6.38. The monoisotopic (exact) mass is 358 g/mol. The first-order valence-corrected chi connectivity index (χ1v) is 7.91. The molecule has 0 aliphatic carbocycles. The second-order valence-electron chi connectivity index (χ2n) is 5.16. The van der Waals surface area contributed by atoms with Gasteiger partial charge in [-0.3, -0.25) is 25.8 Å². The Kier molecular flexibility index (Phi) is 6.02. The maximum absolute atomic E-state index is 12.4. The number of aryl methyl sites for hydroxylation is 1. The minimum absolute atomic E-state index is 0.0186. The zero-order chi connectivity index (χ0) is 18.4. The Balaban J connectivity index is 2.06. The highest BCUT2D eigenvalue weighted by molar-refractivity contribution is 7.80. The second-order valence-corrected chi connectivity index (χ2v) is 5.57. The fourth-order valence-electron chi connectivity index (χ4n) is 1.97. The summed E-state index contributed by atoms with van der Waals surface area (Å²) in [4.78, 5) is 24.2. The lowest BCUT2D eigenvalue weighted by Gasteiger charge is -2.11. The number of hydrazine groups is 1. The fourth-order valence-corrected chi connectivity index (χ4v) is 2.12. The van der Waals surface area contributed by atoms with Crippen LogP contribution in [0.2, 0.25) is 0 Å². The van der Waals surface area contributed by atoms with Crippen LogP contribution in [-0.2, 0) is 4.79 Å². The SMILES string of the molecule is C/C=C(/C)C(=O)NC(=S)NNC(=O)c1c(-c2ccccc2)noc1C. The maximum Gasteiger partial charge on any atom is 0.275 e. The van der Waals surface area contributed by atoms with E-state index in [2.05, 4.69) is 21.3 Å². The molecule has 25 heavy (non-hydrogen) atoms. The molecule has 0 bridgehead atoms. The molecule has 0 unspecified atom stereocenters. The largest absolute Gasteiger partial charge is 0.360 e. The zero-order valence-corrected chi connectivity index (χ0v) is 14.9. The van der Waals surface area contributed by atoms with E-state index in [1.807, 2.05) is 30.3 Å². The quantitative estimate of drug-likeness (QED) is 0.442. The maximum atomic E-state index is 12.4. The molecule has 0 atom stereocenters. The summed E-state index contributed by atoms with van der Waals surface area (Å²) in [5.41, 5.74) is 6.91. The molecule has 0 fully saturated rings. The van der Waals surface area contributed by atoms with Gasteiger partial charge in [-0.25, -0.2) is 0 Å². The molecule has 0 spiro atoms. The van der Waals surface area contributed by atoms with Gasteiger partial charge in [-0.2, -0.15) is 0 Å². The van der Waals surface area contributed by atoms with E-state index in [-0.39, 0.29) is 16.6 Å². The molecule has 1 aromatic carbocycles. The number of hydrogen-bond donors (Lipinski definition) is 3. The summed E-state index contributed by atoms with van der Waals surface area (Å²) in [6.07, 6.45) is 1.66. The van der Waals surface area contributed by atoms with Crippen molar-refractivity contribution in [1.82, 2.24) is 21.3 Å². The Bertz CT molecular complexity index is 828. The Morgan fingerprint density at radius 3 is 2.52 bits per heavy atom. The van der Waals surface area contributed by atoms with Gasteiger partial charge in [0.15, 0.2) is 5.11 Å². The Hall–Kier alpha value is -3.00. The van der Waals surface area contributed by atoms with Gasteiger partial charge in [0, 0.05) is 11.1 Å². The lowest BCUT2D eigenvalue weighted by molar-refractivity contribution is -0.116. The number of nitrogens with one attached hydrogen (secondary N) is 3. The van der Waals surface area contributed by atoms with Crippen LogP contribution in [0.1, 0.15) is 30.0 Å². The molecule has 0 saturated heterocycles. The molecule has 0 saturated carbocycles. The standard InChI is InChI=1S/C17H18N4O3S/c1-4-10(2)15(22)18-17(25)20-19-16(23)13-11(3)24-21-14(13)12-8-6-5-7-9-12/h4-9H,1-3H3,(H,19,23)(H2,18,20,22,25)/b10-4-.